The molecule has 13 aromatic rings. The number of hydrogen-bond acceptors (Lipinski definition) is 2. The molecule has 8 aromatic carbocycles. The van der Waals surface area contributed by atoms with Gasteiger partial charge in [0.05, 0.1) is 38.8 Å². The minimum atomic E-state index is 0.827. The van der Waals surface area contributed by atoms with Gasteiger partial charge >= 0.3 is 0 Å². The first-order valence-electron chi connectivity index (χ1n) is 19.7. The highest BCUT2D eigenvalue weighted by Crippen LogP contribution is 2.44. The molecule has 270 valence electrons. The van der Waals surface area contributed by atoms with Crippen LogP contribution in [0.25, 0.3) is 116 Å². The molecule has 0 N–H and O–H groups in total. The highest BCUT2D eigenvalue weighted by Gasteiger charge is 2.24. The second-order valence-electron chi connectivity index (χ2n) is 15.1. The number of benzene rings is 8. The van der Waals surface area contributed by atoms with Crippen LogP contribution in [0.2, 0.25) is 0 Å². The first-order chi connectivity index (χ1) is 28.8. The van der Waals surface area contributed by atoms with Crippen molar-refractivity contribution in [3.8, 4) is 28.5 Å². The average molecular weight is 741 g/mol. The van der Waals surface area contributed by atoms with Crippen LogP contribution in [0.1, 0.15) is 0 Å². The van der Waals surface area contributed by atoms with E-state index in [2.05, 4.69) is 202 Å². The number of para-hydroxylation sites is 7. The molecule has 0 saturated heterocycles. The van der Waals surface area contributed by atoms with Gasteiger partial charge < -0.3 is 8.98 Å². The summed E-state index contributed by atoms with van der Waals surface area (Å²) in [5.74, 6) is 1.65. The summed E-state index contributed by atoms with van der Waals surface area (Å²) < 4.78 is 14.1. The fourth-order valence-electron chi connectivity index (χ4n) is 9.64. The molecule has 0 unspecified atom stereocenters. The Kier molecular flexibility index (Phi) is 6.38. The van der Waals surface area contributed by atoms with Gasteiger partial charge in [0.2, 0.25) is 0 Å². The maximum atomic E-state index is 7.00. The minimum absolute atomic E-state index is 0.827. The van der Waals surface area contributed by atoms with Crippen molar-refractivity contribution in [2.75, 3.05) is 0 Å². The Bertz CT molecular complexity index is 3530. The van der Waals surface area contributed by atoms with Gasteiger partial charge in [-0.15, -0.1) is 0 Å². The van der Waals surface area contributed by atoms with Crippen molar-refractivity contribution in [2.24, 2.45) is 0 Å². The SMILES string of the molecule is c1ccc2c(c1)oc1c(-c3cc(-n4c5ccccc5c5ccccc54)nc(-n4c5ccccc5c5ccccc54)c3)c(-n3c4ccccc4c4ccccc43)ccc12. The second-order valence-corrected chi connectivity index (χ2v) is 15.1. The maximum absolute atomic E-state index is 7.00. The van der Waals surface area contributed by atoms with Crippen molar-refractivity contribution in [1.82, 2.24) is 18.7 Å². The van der Waals surface area contributed by atoms with Crippen LogP contribution in [0, 0.1) is 0 Å². The molecule has 0 spiro atoms. The number of fused-ring (bicyclic) bond motifs is 12. The van der Waals surface area contributed by atoms with Gasteiger partial charge in [-0.25, -0.2) is 4.98 Å². The molecule has 0 atom stereocenters. The molecule has 5 aromatic heterocycles. The van der Waals surface area contributed by atoms with Crippen LogP contribution in [-0.2, 0) is 0 Å². The van der Waals surface area contributed by atoms with Crippen LogP contribution in [-0.4, -0.2) is 18.7 Å². The molecule has 58 heavy (non-hydrogen) atoms. The van der Waals surface area contributed by atoms with Gasteiger partial charge in [-0.1, -0.05) is 127 Å². The smallest absolute Gasteiger partial charge is 0.145 e. The van der Waals surface area contributed by atoms with Gasteiger partial charge in [0, 0.05) is 48.7 Å². The maximum Gasteiger partial charge on any atom is 0.145 e. The number of hydrogen-bond donors (Lipinski definition) is 0. The van der Waals surface area contributed by atoms with Crippen molar-refractivity contribution >= 4 is 87.4 Å². The molecule has 0 amide bonds. The van der Waals surface area contributed by atoms with E-state index in [1.165, 1.54) is 32.3 Å². The van der Waals surface area contributed by atoms with Crippen LogP contribution in [0.4, 0.5) is 0 Å². The monoisotopic (exact) mass is 740 g/mol. The van der Waals surface area contributed by atoms with E-state index in [4.69, 9.17) is 9.40 Å². The number of furan rings is 1. The molecular formula is C53H32N4O. The molecule has 0 bridgehead atoms. The van der Waals surface area contributed by atoms with E-state index >= 15 is 0 Å². The molecular weight excluding hydrogens is 709 g/mol. The van der Waals surface area contributed by atoms with Gasteiger partial charge in [0.25, 0.3) is 0 Å². The van der Waals surface area contributed by atoms with Crippen LogP contribution in [0.15, 0.2) is 199 Å². The Morgan fingerprint density at radius 3 is 1.12 bits per heavy atom. The molecule has 0 radical (unpaired) electrons. The summed E-state index contributed by atoms with van der Waals surface area (Å²) >= 11 is 0. The fourth-order valence-corrected chi connectivity index (χ4v) is 9.64. The van der Waals surface area contributed by atoms with Crippen molar-refractivity contribution in [1.29, 1.82) is 0 Å². The number of nitrogens with zero attached hydrogens (tertiary/aromatic N) is 4. The fraction of sp³-hybridized carbons (Fsp3) is 0. The van der Waals surface area contributed by atoms with Crippen molar-refractivity contribution in [3.63, 3.8) is 0 Å². The summed E-state index contributed by atoms with van der Waals surface area (Å²) in [4.78, 5) is 5.65. The Labute approximate surface area is 331 Å². The third-order valence-electron chi connectivity index (χ3n) is 12.1. The first kappa shape index (κ1) is 31.3. The first-order valence-corrected chi connectivity index (χ1v) is 19.7. The van der Waals surface area contributed by atoms with E-state index in [1.54, 1.807) is 0 Å². The third-order valence-corrected chi connectivity index (χ3v) is 12.1. The summed E-state index contributed by atoms with van der Waals surface area (Å²) in [6.45, 7) is 0. The Morgan fingerprint density at radius 2 is 0.690 bits per heavy atom. The summed E-state index contributed by atoms with van der Waals surface area (Å²) in [6.07, 6.45) is 0. The van der Waals surface area contributed by atoms with E-state index in [0.29, 0.717) is 0 Å². The molecule has 0 saturated carbocycles. The second kappa shape index (κ2) is 11.8. The summed E-state index contributed by atoms with van der Waals surface area (Å²) in [6, 6.07) is 69.4. The van der Waals surface area contributed by atoms with Gasteiger partial charge in [-0.2, -0.15) is 0 Å². The summed E-state index contributed by atoms with van der Waals surface area (Å²) in [5, 5.41) is 9.34. The lowest BCUT2D eigenvalue weighted by atomic mass is 10.00. The standard InChI is InChI=1S/C53H32N4O/c1-8-22-42-34(15-1)35-16-2-9-23-43(35)55(42)48-30-29-41-40-21-7-14-28-49(40)58-53(41)52(48)33-31-50(56-44-24-10-3-17-36(44)37-18-4-11-25-45(37)56)54-51(32-33)57-46-26-12-5-19-38(46)39-20-6-13-27-47(39)57/h1-32H. The zero-order valence-electron chi connectivity index (χ0n) is 31.2. The third kappa shape index (κ3) is 4.27. The van der Waals surface area contributed by atoms with E-state index in [0.717, 1.165) is 83.5 Å². The zero-order valence-corrected chi connectivity index (χ0v) is 31.2. The van der Waals surface area contributed by atoms with Crippen molar-refractivity contribution < 1.29 is 4.42 Å². The summed E-state index contributed by atoms with van der Waals surface area (Å²) in [7, 11) is 0. The van der Waals surface area contributed by atoms with Gasteiger partial charge in [-0.3, -0.25) is 9.13 Å². The molecule has 0 aliphatic rings. The minimum Gasteiger partial charge on any atom is -0.455 e. The van der Waals surface area contributed by atoms with Gasteiger partial charge in [0.15, 0.2) is 0 Å². The Hall–Kier alpha value is -7.89. The van der Waals surface area contributed by atoms with E-state index < -0.39 is 0 Å². The molecule has 5 heteroatoms. The highest BCUT2D eigenvalue weighted by molar-refractivity contribution is 6.15. The molecule has 0 aliphatic carbocycles. The van der Waals surface area contributed by atoms with E-state index in [-0.39, 0.29) is 0 Å². The largest absolute Gasteiger partial charge is 0.455 e. The van der Waals surface area contributed by atoms with Crippen LogP contribution in [0.3, 0.4) is 0 Å². The summed E-state index contributed by atoms with van der Waals surface area (Å²) in [5.41, 5.74) is 11.4. The molecule has 5 nitrogen and oxygen atoms in total. The number of aromatic nitrogens is 4. The lowest BCUT2D eigenvalue weighted by molar-refractivity contribution is 0.669. The van der Waals surface area contributed by atoms with Gasteiger partial charge in [-0.05, 0) is 72.3 Å². The zero-order chi connectivity index (χ0) is 37.9. The van der Waals surface area contributed by atoms with E-state index in [9.17, 15) is 0 Å². The highest BCUT2D eigenvalue weighted by atomic mass is 16.3. The normalized spacial score (nSPS) is 12.1. The molecule has 5 heterocycles. The Morgan fingerprint density at radius 1 is 0.328 bits per heavy atom. The van der Waals surface area contributed by atoms with E-state index in [1.807, 2.05) is 6.07 Å². The molecule has 13 rings (SSSR count). The lowest BCUT2D eigenvalue weighted by Gasteiger charge is -2.18. The average Bonchev–Trinajstić information content (AvgIpc) is 4.02. The Balaban J connectivity index is 1.22. The lowest BCUT2D eigenvalue weighted by Crippen LogP contribution is -2.05. The van der Waals surface area contributed by atoms with Crippen molar-refractivity contribution in [3.05, 3.63) is 194 Å². The molecule has 0 fully saturated rings. The predicted molar refractivity (Wildman–Crippen MR) is 240 cm³/mol. The topological polar surface area (TPSA) is 40.8 Å². The molecule has 0 aliphatic heterocycles. The number of pyridine rings is 1. The van der Waals surface area contributed by atoms with Crippen LogP contribution < -0.4 is 0 Å². The van der Waals surface area contributed by atoms with Crippen molar-refractivity contribution in [2.45, 2.75) is 0 Å². The predicted octanol–water partition coefficient (Wildman–Crippen LogP) is 13.9. The van der Waals surface area contributed by atoms with Crippen LogP contribution >= 0.6 is 0 Å². The quantitative estimate of drug-likeness (QED) is 0.180. The van der Waals surface area contributed by atoms with Crippen LogP contribution in [0.5, 0.6) is 0 Å². The van der Waals surface area contributed by atoms with Gasteiger partial charge in [0.1, 0.15) is 22.8 Å². The number of rotatable bonds is 4.